The van der Waals surface area contributed by atoms with Crippen LogP contribution in [0.5, 0.6) is 0 Å². The summed E-state index contributed by atoms with van der Waals surface area (Å²) in [5.41, 5.74) is 7.75. The number of thioether (sulfide) groups is 1. The van der Waals surface area contributed by atoms with Crippen LogP contribution in [-0.2, 0) is 7.05 Å². The van der Waals surface area contributed by atoms with Crippen molar-refractivity contribution in [1.82, 2.24) is 14.8 Å². The van der Waals surface area contributed by atoms with Gasteiger partial charge >= 0.3 is 0 Å². The lowest BCUT2D eigenvalue weighted by atomic mass is 10.1. The molecular formula is C11H14N4S. The summed E-state index contributed by atoms with van der Waals surface area (Å²) in [5.74, 6) is 0. The van der Waals surface area contributed by atoms with Crippen LogP contribution in [-0.4, -0.2) is 14.8 Å². The minimum absolute atomic E-state index is 0.311. The molecule has 0 saturated heterocycles. The monoisotopic (exact) mass is 234 g/mol. The first kappa shape index (κ1) is 11.0. The molecule has 2 rings (SSSR count). The van der Waals surface area contributed by atoms with Crippen molar-refractivity contribution in [3.63, 3.8) is 0 Å². The van der Waals surface area contributed by atoms with E-state index in [1.807, 2.05) is 25.2 Å². The highest BCUT2D eigenvalue weighted by molar-refractivity contribution is 7.99. The lowest BCUT2D eigenvalue weighted by Gasteiger charge is -2.10. The molecule has 1 heterocycles. The van der Waals surface area contributed by atoms with E-state index in [2.05, 4.69) is 23.1 Å². The zero-order valence-electron chi connectivity index (χ0n) is 9.29. The maximum atomic E-state index is 5.76. The van der Waals surface area contributed by atoms with Gasteiger partial charge < -0.3 is 5.73 Å². The second-order valence-electron chi connectivity index (χ2n) is 3.60. The molecule has 5 heteroatoms. The maximum absolute atomic E-state index is 5.76. The van der Waals surface area contributed by atoms with Gasteiger partial charge in [-0.15, -0.1) is 0 Å². The van der Waals surface area contributed by atoms with E-state index >= 15 is 0 Å². The number of rotatable bonds is 3. The van der Waals surface area contributed by atoms with Crippen molar-refractivity contribution in [1.29, 1.82) is 0 Å². The van der Waals surface area contributed by atoms with Crippen LogP contribution < -0.4 is 5.73 Å². The molecule has 1 atom stereocenters. The van der Waals surface area contributed by atoms with Crippen molar-refractivity contribution in [2.75, 3.05) is 5.73 Å². The summed E-state index contributed by atoms with van der Waals surface area (Å²) >= 11 is 1.67. The number of nitrogens with two attached hydrogens (primary N) is 1. The van der Waals surface area contributed by atoms with Gasteiger partial charge in [0.2, 0.25) is 0 Å². The third kappa shape index (κ3) is 2.36. The third-order valence-electron chi connectivity index (χ3n) is 2.33. The molecule has 0 aliphatic heterocycles. The average molecular weight is 234 g/mol. The highest BCUT2D eigenvalue weighted by atomic mass is 32.2. The van der Waals surface area contributed by atoms with E-state index in [4.69, 9.17) is 5.73 Å². The van der Waals surface area contributed by atoms with E-state index in [0.717, 1.165) is 10.8 Å². The molecule has 0 spiro atoms. The minimum atomic E-state index is 0.311. The lowest BCUT2D eigenvalue weighted by molar-refractivity contribution is 0.683. The Morgan fingerprint density at radius 1 is 1.44 bits per heavy atom. The molecule has 2 N–H and O–H groups in total. The zero-order valence-corrected chi connectivity index (χ0v) is 10.1. The number of aryl methyl sites for hydroxylation is 1. The van der Waals surface area contributed by atoms with Crippen LogP contribution in [0.15, 0.2) is 35.7 Å². The smallest absolute Gasteiger partial charge is 0.186 e. The van der Waals surface area contributed by atoms with Gasteiger partial charge in [-0.05, 0) is 24.6 Å². The van der Waals surface area contributed by atoms with Crippen molar-refractivity contribution in [3.05, 3.63) is 36.2 Å². The van der Waals surface area contributed by atoms with E-state index in [1.165, 1.54) is 5.56 Å². The summed E-state index contributed by atoms with van der Waals surface area (Å²) < 4.78 is 1.77. The fraction of sp³-hybridized carbons (Fsp3) is 0.273. The number of nitrogens with zero attached hydrogens (tertiary/aromatic N) is 3. The van der Waals surface area contributed by atoms with Gasteiger partial charge in [0.25, 0.3) is 0 Å². The fourth-order valence-corrected chi connectivity index (χ4v) is 2.34. The molecule has 0 aliphatic carbocycles. The molecule has 0 saturated carbocycles. The summed E-state index contributed by atoms with van der Waals surface area (Å²) in [4.78, 5) is 4.19. The van der Waals surface area contributed by atoms with E-state index in [9.17, 15) is 0 Å². The molecule has 1 aromatic heterocycles. The Bertz CT molecular complexity index is 480. The van der Waals surface area contributed by atoms with Gasteiger partial charge in [0.15, 0.2) is 5.16 Å². The van der Waals surface area contributed by atoms with E-state index in [0.29, 0.717) is 5.25 Å². The largest absolute Gasteiger partial charge is 0.399 e. The van der Waals surface area contributed by atoms with Gasteiger partial charge in [-0.2, -0.15) is 5.10 Å². The highest BCUT2D eigenvalue weighted by Gasteiger charge is 2.10. The quantitative estimate of drug-likeness (QED) is 0.653. The average Bonchev–Trinajstić information content (AvgIpc) is 2.64. The third-order valence-corrected chi connectivity index (χ3v) is 3.54. The van der Waals surface area contributed by atoms with E-state index in [-0.39, 0.29) is 0 Å². The van der Waals surface area contributed by atoms with Crippen molar-refractivity contribution in [2.24, 2.45) is 7.05 Å². The number of hydrogen-bond acceptors (Lipinski definition) is 4. The standard InChI is InChI=1S/C11H14N4S/c1-8(9-4-3-5-10(12)6-9)16-11-13-7-14-15(11)2/h3-8H,12H2,1-2H3. The predicted octanol–water partition coefficient (Wildman–Crippen LogP) is 2.25. The minimum Gasteiger partial charge on any atom is -0.399 e. The lowest BCUT2D eigenvalue weighted by Crippen LogP contribution is -1.96. The van der Waals surface area contributed by atoms with Crippen molar-refractivity contribution in [3.8, 4) is 0 Å². The van der Waals surface area contributed by atoms with Crippen LogP contribution in [0.25, 0.3) is 0 Å². The van der Waals surface area contributed by atoms with Crippen molar-refractivity contribution >= 4 is 17.4 Å². The number of hydrogen-bond donors (Lipinski definition) is 1. The second kappa shape index (κ2) is 4.57. The Hall–Kier alpha value is -1.49. The first-order chi connectivity index (χ1) is 7.66. The van der Waals surface area contributed by atoms with Gasteiger partial charge in [-0.3, -0.25) is 0 Å². The Labute approximate surface area is 98.9 Å². The van der Waals surface area contributed by atoms with E-state index in [1.54, 1.807) is 22.8 Å². The van der Waals surface area contributed by atoms with Crippen molar-refractivity contribution < 1.29 is 0 Å². The topological polar surface area (TPSA) is 56.7 Å². The van der Waals surface area contributed by atoms with Gasteiger partial charge in [-0.25, -0.2) is 9.67 Å². The maximum Gasteiger partial charge on any atom is 0.186 e. The van der Waals surface area contributed by atoms with Crippen LogP contribution >= 0.6 is 11.8 Å². The second-order valence-corrected chi connectivity index (χ2v) is 4.90. The molecule has 0 bridgehead atoms. The summed E-state index contributed by atoms with van der Waals surface area (Å²) in [6.07, 6.45) is 1.56. The molecule has 84 valence electrons. The predicted molar refractivity (Wildman–Crippen MR) is 66.1 cm³/mol. The normalized spacial score (nSPS) is 12.6. The molecule has 0 radical (unpaired) electrons. The molecule has 1 aromatic carbocycles. The first-order valence-electron chi connectivity index (χ1n) is 5.03. The molecule has 2 aromatic rings. The zero-order chi connectivity index (χ0) is 11.5. The Kier molecular flexibility index (Phi) is 3.14. The molecule has 0 fully saturated rings. The molecule has 16 heavy (non-hydrogen) atoms. The summed E-state index contributed by atoms with van der Waals surface area (Å²) in [6, 6.07) is 7.93. The molecule has 0 aliphatic rings. The first-order valence-corrected chi connectivity index (χ1v) is 5.91. The molecule has 1 unspecified atom stereocenters. The Morgan fingerprint density at radius 2 is 2.25 bits per heavy atom. The number of anilines is 1. The summed E-state index contributed by atoms with van der Waals surface area (Å²) in [5, 5.41) is 5.26. The van der Waals surface area contributed by atoms with Crippen LogP contribution in [0.2, 0.25) is 0 Å². The SMILES string of the molecule is CC(Sc1ncnn1C)c1cccc(N)c1. The van der Waals surface area contributed by atoms with Gasteiger partial charge in [0.1, 0.15) is 6.33 Å². The number of benzene rings is 1. The highest BCUT2D eigenvalue weighted by Crippen LogP contribution is 2.33. The molecule has 0 amide bonds. The van der Waals surface area contributed by atoms with Crippen molar-refractivity contribution in [2.45, 2.75) is 17.3 Å². The van der Waals surface area contributed by atoms with E-state index < -0.39 is 0 Å². The van der Waals surface area contributed by atoms with Gasteiger partial charge in [-0.1, -0.05) is 23.9 Å². The van der Waals surface area contributed by atoms with Gasteiger partial charge in [0.05, 0.1) is 0 Å². The fourth-order valence-electron chi connectivity index (χ4n) is 1.43. The Morgan fingerprint density at radius 3 is 2.88 bits per heavy atom. The van der Waals surface area contributed by atoms with Gasteiger partial charge in [0, 0.05) is 18.0 Å². The van der Waals surface area contributed by atoms with Crippen LogP contribution in [0.1, 0.15) is 17.7 Å². The summed E-state index contributed by atoms with van der Waals surface area (Å²) in [7, 11) is 1.89. The molecular weight excluding hydrogens is 220 g/mol. The van der Waals surface area contributed by atoms with Crippen LogP contribution in [0.4, 0.5) is 5.69 Å². The number of nitrogen functional groups attached to an aromatic ring is 1. The van der Waals surface area contributed by atoms with Crippen LogP contribution in [0, 0.1) is 0 Å². The molecule has 4 nitrogen and oxygen atoms in total. The van der Waals surface area contributed by atoms with Crippen LogP contribution in [0.3, 0.4) is 0 Å². The number of aromatic nitrogens is 3. The Balaban J connectivity index is 2.14. The summed E-state index contributed by atoms with van der Waals surface area (Å²) in [6.45, 7) is 2.13.